The second kappa shape index (κ2) is 4.06. The Labute approximate surface area is 90.5 Å². The van der Waals surface area contributed by atoms with E-state index in [0.29, 0.717) is 5.56 Å². The van der Waals surface area contributed by atoms with Gasteiger partial charge in [0.25, 0.3) is 5.69 Å². The van der Waals surface area contributed by atoms with E-state index in [1.54, 1.807) is 6.07 Å². The van der Waals surface area contributed by atoms with Gasteiger partial charge in [0.2, 0.25) is 0 Å². The lowest BCUT2D eigenvalue weighted by Crippen LogP contribution is -1.94. The predicted molar refractivity (Wildman–Crippen MR) is 56.3 cm³/mol. The summed E-state index contributed by atoms with van der Waals surface area (Å²) in [6, 6.07) is 8.38. The predicted octanol–water partition coefficient (Wildman–Crippen LogP) is 2.80. The molecule has 5 heteroatoms. The smallest absolute Gasteiger partial charge is 0.258 e. The molecule has 0 bridgehead atoms. The van der Waals surface area contributed by atoms with Gasteiger partial charge in [0.05, 0.1) is 4.92 Å². The molecule has 0 aliphatic carbocycles. The maximum absolute atomic E-state index is 13.0. The number of pyridine rings is 1. The average molecular weight is 218 g/mol. The first-order valence-corrected chi connectivity index (χ1v) is 4.54. The average Bonchev–Trinajstić information content (AvgIpc) is 2.29. The third kappa shape index (κ3) is 1.88. The van der Waals surface area contributed by atoms with Crippen LogP contribution in [0.25, 0.3) is 11.3 Å². The number of hydrogen-bond donors (Lipinski definition) is 0. The summed E-state index contributed by atoms with van der Waals surface area (Å²) in [6.45, 7) is 0. The molecular formula is C11H7FN2O2. The van der Waals surface area contributed by atoms with E-state index < -0.39 is 10.7 Å². The molecule has 1 aromatic carbocycles. The molecule has 16 heavy (non-hydrogen) atoms. The molecule has 0 aliphatic heterocycles. The van der Waals surface area contributed by atoms with Crippen LogP contribution in [0.5, 0.6) is 0 Å². The van der Waals surface area contributed by atoms with E-state index in [0.717, 1.165) is 0 Å². The molecule has 2 aromatic rings. The van der Waals surface area contributed by atoms with Crippen LogP contribution in [0.2, 0.25) is 0 Å². The normalized spacial score (nSPS) is 10.1. The van der Waals surface area contributed by atoms with Crippen molar-refractivity contribution in [1.29, 1.82) is 0 Å². The highest BCUT2D eigenvalue weighted by molar-refractivity contribution is 5.68. The molecule has 0 radical (unpaired) electrons. The van der Waals surface area contributed by atoms with Crippen LogP contribution in [0.3, 0.4) is 0 Å². The standard InChI is InChI=1S/C11H7FN2O2/c12-9-4-1-3-8(7-9)11-10(14(15)16)5-2-6-13-11/h1-7H. The van der Waals surface area contributed by atoms with Crippen LogP contribution in [0.4, 0.5) is 10.1 Å². The SMILES string of the molecule is O=[N+]([O-])c1cccnc1-c1cccc(F)c1. The maximum atomic E-state index is 13.0. The van der Waals surface area contributed by atoms with Crippen LogP contribution < -0.4 is 0 Å². The topological polar surface area (TPSA) is 56.0 Å². The van der Waals surface area contributed by atoms with E-state index in [2.05, 4.69) is 4.98 Å². The largest absolute Gasteiger partial charge is 0.295 e. The van der Waals surface area contributed by atoms with Gasteiger partial charge in [-0.15, -0.1) is 0 Å². The van der Waals surface area contributed by atoms with Gasteiger partial charge in [0.1, 0.15) is 11.5 Å². The first-order valence-electron chi connectivity index (χ1n) is 4.54. The van der Waals surface area contributed by atoms with Crippen molar-refractivity contribution in [2.24, 2.45) is 0 Å². The van der Waals surface area contributed by atoms with Crippen LogP contribution in [-0.4, -0.2) is 9.91 Å². The van der Waals surface area contributed by atoms with Crippen LogP contribution >= 0.6 is 0 Å². The minimum atomic E-state index is -0.534. The van der Waals surface area contributed by atoms with Crippen molar-refractivity contribution >= 4 is 5.69 Å². The summed E-state index contributed by atoms with van der Waals surface area (Å²) in [7, 11) is 0. The number of benzene rings is 1. The van der Waals surface area contributed by atoms with E-state index in [1.807, 2.05) is 0 Å². The van der Waals surface area contributed by atoms with E-state index in [1.165, 1.54) is 36.5 Å². The zero-order chi connectivity index (χ0) is 11.5. The summed E-state index contributed by atoms with van der Waals surface area (Å²) < 4.78 is 13.0. The molecule has 0 atom stereocenters. The molecule has 2 rings (SSSR count). The van der Waals surface area contributed by atoms with Crippen molar-refractivity contribution in [2.75, 3.05) is 0 Å². The fraction of sp³-hybridized carbons (Fsp3) is 0. The van der Waals surface area contributed by atoms with Crippen LogP contribution in [0.15, 0.2) is 42.6 Å². The lowest BCUT2D eigenvalue weighted by Gasteiger charge is -2.01. The van der Waals surface area contributed by atoms with Crippen molar-refractivity contribution in [3.8, 4) is 11.3 Å². The van der Waals surface area contributed by atoms with E-state index in [4.69, 9.17) is 0 Å². The number of rotatable bonds is 2. The van der Waals surface area contributed by atoms with Gasteiger partial charge in [-0.3, -0.25) is 10.1 Å². The minimum Gasteiger partial charge on any atom is -0.258 e. The van der Waals surface area contributed by atoms with Gasteiger partial charge in [-0.05, 0) is 18.2 Å². The van der Waals surface area contributed by atoms with Gasteiger partial charge >= 0.3 is 0 Å². The highest BCUT2D eigenvalue weighted by Crippen LogP contribution is 2.27. The first-order chi connectivity index (χ1) is 7.68. The van der Waals surface area contributed by atoms with Gasteiger partial charge in [-0.2, -0.15) is 0 Å². The molecule has 80 valence electrons. The van der Waals surface area contributed by atoms with Crippen molar-refractivity contribution in [1.82, 2.24) is 4.98 Å². The summed E-state index contributed by atoms with van der Waals surface area (Å²) in [5.74, 6) is -0.447. The summed E-state index contributed by atoms with van der Waals surface area (Å²) in [6.07, 6.45) is 1.44. The molecule has 0 saturated heterocycles. The number of nitro groups is 1. The summed E-state index contributed by atoms with van der Waals surface area (Å²) in [4.78, 5) is 14.1. The Morgan fingerprint density at radius 2 is 2.06 bits per heavy atom. The van der Waals surface area contributed by atoms with Crippen molar-refractivity contribution in [2.45, 2.75) is 0 Å². The Bertz CT molecular complexity index is 543. The first kappa shape index (κ1) is 10.2. The summed E-state index contributed by atoms with van der Waals surface area (Å²) in [5.41, 5.74) is 0.437. The molecule has 1 aromatic heterocycles. The molecule has 0 amide bonds. The monoisotopic (exact) mass is 218 g/mol. The number of nitrogens with zero attached hydrogens (tertiary/aromatic N) is 2. The molecule has 0 spiro atoms. The van der Waals surface area contributed by atoms with Gasteiger partial charge in [0, 0.05) is 17.8 Å². The fourth-order valence-electron chi connectivity index (χ4n) is 1.40. The summed E-state index contributed by atoms with van der Waals surface area (Å²) >= 11 is 0. The van der Waals surface area contributed by atoms with E-state index in [-0.39, 0.29) is 11.4 Å². The second-order valence-electron chi connectivity index (χ2n) is 3.14. The highest BCUT2D eigenvalue weighted by atomic mass is 19.1. The number of halogens is 1. The molecule has 0 fully saturated rings. The van der Waals surface area contributed by atoms with Crippen LogP contribution in [0, 0.1) is 15.9 Å². The van der Waals surface area contributed by atoms with Crippen LogP contribution in [-0.2, 0) is 0 Å². The molecule has 0 unspecified atom stereocenters. The van der Waals surface area contributed by atoms with Gasteiger partial charge in [-0.1, -0.05) is 12.1 Å². The Kier molecular flexibility index (Phi) is 2.59. The molecule has 0 aliphatic rings. The summed E-state index contributed by atoms with van der Waals surface area (Å²) in [5, 5.41) is 10.8. The highest BCUT2D eigenvalue weighted by Gasteiger charge is 2.15. The molecule has 0 saturated carbocycles. The quantitative estimate of drug-likeness (QED) is 0.575. The lowest BCUT2D eigenvalue weighted by molar-refractivity contribution is -0.384. The van der Waals surface area contributed by atoms with E-state index in [9.17, 15) is 14.5 Å². The lowest BCUT2D eigenvalue weighted by atomic mass is 10.1. The minimum absolute atomic E-state index is 0.131. The number of hydrogen-bond acceptors (Lipinski definition) is 3. The maximum Gasteiger partial charge on any atom is 0.295 e. The Hall–Kier alpha value is -2.30. The van der Waals surface area contributed by atoms with Crippen LogP contribution in [0.1, 0.15) is 0 Å². The molecule has 4 nitrogen and oxygen atoms in total. The fourth-order valence-corrected chi connectivity index (χ4v) is 1.40. The van der Waals surface area contributed by atoms with Crippen molar-refractivity contribution < 1.29 is 9.31 Å². The molecule has 0 N–H and O–H groups in total. The van der Waals surface area contributed by atoms with Gasteiger partial charge in [-0.25, -0.2) is 9.37 Å². The molecule has 1 heterocycles. The van der Waals surface area contributed by atoms with Gasteiger partial charge < -0.3 is 0 Å². The zero-order valence-corrected chi connectivity index (χ0v) is 8.13. The van der Waals surface area contributed by atoms with E-state index >= 15 is 0 Å². The van der Waals surface area contributed by atoms with Crippen molar-refractivity contribution in [3.05, 3.63) is 58.5 Å². The Balaban J connectivity index is 2.60. The number of aromatic nitrogens is 1. The third-order valence-corrected chi connectivity index (χ3v) is 2.08. The molecular weight excluding hydrogens is 211 g/mol. The third-order valence-electron chi connectivity index (χ3n) is 2.08. The zero-order valence-electron chi connectivity index (χ0n) is 8.13. The van der Waals surface area contributed by atoms with Crippen molar-refractivity contribution in [3.63, 3.8) is 0 Å². The Morgan fingerprint density at radius 3 is 2.75 bits per heavy atom. The van der Waals surface area contributed by atoms with Gasteiger partial charge in [0.15, 0.2) is 0 Å². The second-order valence-corrected chi connectivity index (χ2v) is 3.14. The Morgan fingerprint density at radius 1 is 1.25 bits per heavy atom.